The van der Waals surface area contributed by atoms with Gasteiger partial charge in [-0.25, -0.2) is 0 Å². The van der Waals surface area contributed by atoms with E-state index in [0.29, 0.717) is 5.92 Å². The van der Waals surface area contributed by atoms with Crippen molar-refractivity contribution in [3.63, 3.8) is 0 Å². The van der Waals surface area contributed by atoms with Crippen LogP contribution >= 0.6 is 27.7 Å². The van der Waals surface area contributed by atoms with Gasteiger partial charge < -0.3 is 9.47 Å². The number of thioether (sulfide) groups is 1. The van der Waals surface area contributed by atoms with Crippen molar-refractivity contribution in [3.05, 3.63) is 34.9 Å². The van der Waals surface area contributed by atoms with Crippen LogP contribution in [0.15, 0.2) is 18.2 Å². The molecule has 2 rings (SSSR count). The van der Waals surface area contributed by atoms with Gasteiger partial charge in [0.05, 0.1) is 6.10 Å². The molecule has 0 bridgehead atoms. The molecule has 3 atom stereocenters. The molecule has 0 saturated carbocycles. The molecular weight excluding hydrogens is 376 g/mol. The van der Waals surface area contributed by atoms with Crippen LogP contribution in [0, 0.1) is 0 Å². The molecule has 0 aromatic heterocycles. The highest BCUT2D eigenvalue weighted by atomic mass is 79.9. The summed E-state index contributed by atoms with van der Waals surface area (Å²) in [4.78, 5) is 11.3. The molecule has 3 unspecified atom stereocenters. The minimum Gasteiger partial charge on any atom is -0.462 e. The van der Waals surface area contributed by atoms with Gasteiger partial charge in [0.15, 0.2) is 0 Å². The van der Waals surface area contributed by atoms with Crippen LogP contribution < -0.4 is 0 Å². The first-order valence-corrected chi connectivity index (χ1v) is 10.4. The van der Waals surface area contributed by atoms with Crippen molar-refractivity contribution in [2.24, 2.45) is 0 Å². The minimum atomic E-state index is -0.216. The van der Waals surface area contributed by atoms with Gasteiger partial charge in [-0.15, -0.1) is 11.8 Å². The van der Waals surface area contributed by atoms with Gasteiger partial charge in [0.2, 0.25) is 0 Å². The molecular formula is C18H25BrO3S. The third-order valence-electron chi connectivity index (χ3n) is 4.15. The molecule has 1 aromatic rings. The van der Waals surface area contributed by atoms with Gasteiger partial charge >= 0.3 is 5.97 Å². The van der Waals surface area contributed by atoms with Crippen molar-refractivity contribution in [1.29, 1.82) is 0 Å². The van der Waals surface area contributed by atoms with Gasteiger partial charge in [0.1, 0.15) is 11.5 Å². The molecule has 0 radical (unpaired) electrons. The molecule has 1 saturated heterocycles. The maximum atomic E-state index is 11.3. The fourth-order valence-electron chi connectivity index (χ4n) is 3.05. The van der Waals surface area contributed by atoms with Gasteiger partial charge in [-0.2, -0.15) is 0 Å². The number of rotatable bonds is 5. The number of halogens is 1. The molecule has 1 fully saturated rings. The smallest absolute Gasteiger partial charge is 0.302 e. The summed E-state index contributed by atoms with van der Waals surface area (Å²) in [5.41, 5.74) is 3.89. The first-order valence-electron chi connectivity index (χ1n) is 7.98. The van der Waals surface area contributed by atoms with E-state index >= 15 is 0 Å². The lowest BCUT2D eigenvalue weighted by atomic mass is 9.92. The van der Waals surface area contributed by atoms with Gasteiger partial charge in [-0.1, -0.05) is 48.0 Å². The third kappa shape index (κ3) is 4.97. The molecule has 1 heterocycles. The first kappa shape index (κ1) is 18.8. The van der Waals surface area contributed by atoms with Gasteiger partial charge in [-0.3, -0.25) is 4.79 Å². The van der Waals surface area contributed by atoms with Crippen LogP contribution in [0.3, 0.4) is 0 Å². The summed E-state index contributed by atoms with van der Waals surface area (Å²) in [7, 11) is 0. The van der Waals surface area contributed by atoms with Crippen LogP contribution in [0.2, 0.25) is 0 Å². The molecule has 5 heteroatoms. The molecule has 0 spiro atoms. The molecule has 23 heavy (non-hydrogen) atoms. The maximum Gasteiger partial charge on any atom is 0.302 e. The van der Waals surface area contributed by atoms with Crippen LogP contribution in [-0.4, -0.2) is 23.8 Å². The van der Waals surface area contributed by atoms with Crippen molar-refractivity contribution < 1.29 is 14.3 Å². The average Bonchev–Trinajstić information content (AvgIpc) is 2.53. The number of carbonyl (C=O) groups is 1. The number of esters is 1. The molecule has 0 aliphatic carbocycles. The lowest BCUT2D eigenvalue weighted by Crippen LogP contribution is -2.32. The number of alkyl halides is 1. The molecule has 0 amide bonds. The summed E-state index contributed by atoms with van der Waals surface area (Å²) < 4.78 is 11.6. The van der Waals surface area contributed by atoms with Crippen LogP contribution in [0.1, 0.15) is 62.3 Å². The molecule has 128 valence electrons. The Kier molecular flexibility index (Phi) is 6.99. The van der Waals surface area contributed by atoms with Crippen molar-refractivity contribution >= 4 is 33.7 Å². The second-order valence-electron chi connectivity index (χ2n) is 6.24. The zero-order valence-corrected chi connectivity index (χ0v) is 16.6. The van der Waals surface area contributed by atoms with Crippen molar-refractivity contribution in [2.45, 2.75) is 62.5 Å². The summed E-state index contributed by atoms with van der Waals surface area (Å²) in [6, 6.07) is 6.57. The van der Waals surface area contributed by atoms with Crippen LogP contribution in [0.25, 0.3) is 0 Å². The molecule has 3 nitrogen and oxygen atoms in total. The lowest BCUT2D eigenvalue weighted by Gasteiger charge is -2.34. The van der Waals surface area contributed by atoms with Crippen LogP contribution in [0.4, 0.5) is 0 Å². The number of hydrogen-bond donors (Lipinski definition) is 0. The molecule has 0 N–H and O–H groups in total. The summed E-state index contributed by atoms with van der Waals surface area (Å²) >= 11 is 5.26. The number of carbonyl (C=O) groups excluding carboxylic acids is 1. The Morgan fingerprint density at radius 2 is 2.17 bits per heavy atom. The van der Waals surface area contributed by atoms with Crippen LogP contribution in [-0.2, 0) is 19.6 Å². The molecule has 1 aliphatic heterocycles. The highest BCUT2D eigenvalue weighted by Crippen LogP contribution is 2.37. The highest BCUT2D eigenvalue weighted by Gasteiger charge is 2.32. The van der Waals surface area contributed by atoms with E-state index < -0.39 is 0 Å². The van der Waals surface area contributed by atoms with E-state index in [4.69, 9.17) is 9.47 Å². The quantitative estimate of drug-likeness (QED) is 0.503. The second-order valence-corrected chi connectivity index (χ2v) is 7.80. The summed E-state index contributed by atoms with van der Waals surface area (Å²) in [5, 5.41) is 0.834. The summed E-state index contributed by atoms with van der Waals surface area (Å²) in [6.07, 6.45) is 3.42. The minimum absolute atomic E-state index is 0.0236. The van der Waals surface area contributed by atoms with Gasteiger partial charge in [0.25, 0.3) is 0 Å². The normalized spacial score (nSPS) is 24.7. The molecule has 1 aliphatic rings. The largest absolute Gasteiger partial charge is 0.462 e. The average molecular weight is 401 g/mol. The fraction of sp³-hybridized carbons (Fsp3) is 0.611. The first-order chi connectivity index (χ1) is 10.9. The Balaban J connectivity index is 2.23. The zero-order chi connectivity index (χ0) is 17.0. The second kappa shape index (κ2) is 8.54. The Morgan fingerprint density at radius 1 is 1.43 bits per heavy atom. The van der Waals surface area contributed by atoms with E-state index in [1.54, 1.807) is 11.8 Å². The van der Waals surface area contributed by atoms with Crippen LogP contribution in [0.5, 0.6) is 0 Å². The monoisotopic (exact) mass is 400 g/mol. The standard InChI is InChI=1S/C18H25BrO3S/c1-11(2)16-6-5-13(7-14(16)10-19)17-8-15(21-12(3)20)9-18(22-17)23-4/h5-7,11,15,17-18H,8-10H2,1-4H3. The number of ether oxygens (including phenoxy) is 2. The Bertz CT molecular complexity index is 547. The van der Waals surface area contributed by atoms with E-state index in [9.17, 15) is 4.79 Å². The maximum absolute atomic E-state index is 11.3. The third-order valence-corrected chi connectivity index (χ3v) is 5.58. The van der Waals surface area contributed by atoms with E-state index in [-0.39, 0.29) is 23.6 Å². The summed E-state index contributed by atoms with van der Waals surface area (Å²) in [5.74, 6) is 0.281. The number of benzene rings is 1. The lowest BCUT2D eigenvalue weighted by molar-refractivity contribution is -0.155. The van der Waals surface area contributed by atoms with Crippen molar-refractivity contribution in [1.82, 2.24) is 0 Å². The molecule has 1 aromatic carbocycles. The van der Waals surface area contributed by atoms with E-state index in [1.807, 2.05) is 6.26 Å². The Hall–Kier alpha value is -0.520. The highest BCUT2D eigenvalue weighted by molar-refractivity contribution is 9.08. The van der Waals surface area contributed by atoms with Crippen molar-refractivity contribution in [3.8, 4) is 0 Å². The van der Waals surface area contributed by atoms with E-state index in [1.165, 1.54) is 23.6 Å². The SMILES string of the molecule is CSC1CC(OC(C)=O)CC(c2ccc(C(C)C)c(CBr)c2)O1. The van der Waals surface area contributed by atoms with Gasteiger partial charge in [0, 0.05) is 25.1 Å². The predicted molar refractivity (Wildman–Crippen MR) is 99.1 cm³/mol. The summed E-state index contributed by atoms with van der Waals surface area (Å²) in [6.45, 7) is 5.89. The zero-order valence-electron chi connectivity index (χ0n) is 14.2. The Morgan fingerprint density at radius 3 is 2.74 bits per heavy atom. The number of hydrogen-bond acceptors (Lipinski definition) is 4. The van der Waals surface area contributed by atoms with E-state index in [2.05, 4.69) is 48.0 Å². The fourth-order valence-corrected chi connectivity index (χ4v) is 4.18. The van der Waals surface area contributed by atoms with E-state index in [0.717, 1.165) is 18.2 Å². The van der Waals surface area contributed by atoms with Crippen molar-refractivity contribution in [2.75, 3.05) is 6.26 Å². The predicted octanol–water partition coefficient (Wildman–Crippen LogP) is 5.18. The van der Waals surface area contributed by atoms with Gasteiger partial charge in [-0.05, 0) is 28.9 Å². The Labute approximate surface area is 151 Å². The topological polar surface area (TPSA) is 35.5 Å².